The van der Waals surface area contributed by atoms with Crippen molar-refractivity contribution < 1.29 is 11.0 Å². The fourth-order valence-corrected chi connectivity index (χ4v) is 5.30. The molecule has 2 aromatic carbocycles. The number of fused-ring (bicyclic) bond motifs is 1. The number of aryl methyl sites for hydroxylation is 2. The monoisotopic (exact) mass is 476 g/mol. The first kappa shape index (κ1) is 27.4. The highest BCUT2D eigenvalue weighted by atomic mass is 16.5. The van der Waals surface area contributed by atoms with Crippen LogP contribution in [-0.4, -0.2) is 18.5 Å². The van der Waals surface area contributed by atoms with Crippen molar-refractivity contribution in [3.8, 4) is 0 Å². The van der Waals surface area contributed by atoms with Crippen molar-refractivity contribution in [2.24, 2.45) is 5.92 Å². The molecule has 1 aliphatic carbocycles. The summed E-state index contributed by atoms with van der Waals surface area (Å²) in [7, 11) is 0. The molecular weight excluding hydrogens is 428 g/mol. The Labute approximate surface area is 215 Å². The Morgan fingerprint density at radius 3 is 2.49 bits per heavy atom. The lowest BCUT2D eigenvalue weighted by molar-refractivity contribution is 0.0957. The fourth-order valence-electron chi connectivity index (χ4n) is 5.30. The van der Waals surface area contributed by atoms with Crippen LogP contribution in [-0.2, 0) is 24.0 Å². The van der Waals surface area contributed by atoms with Crippen molar-refractivity contribution in [3.05, 3.63) is 76.9 Å². The molecular formula is C33H48O2. The van der Waals surface area contributed by atoms with Gasteiger partial charge in [0.1, 0.15) is 0 Å². The molecule has 2 aliphatic rings. The van der Waals surface area contributed by atoms with Gasteiger partial charge in [-0.2, -0.15) is 0 Å². The second-order valence-electron chi connectivity index (χ2n) is 10.4. The van der Waals surface area contributed by atoms with E-state index in [2.05, 4.69) is 38.6 Å². The first-order valence-electron chi connectivity index (χ1n) is 14.1. The maximum Gasteiger partial charge on any atom is 0.163 e. The summed E-state index contributed by atoms with van der Waals surface area (Å²) in [5.41, 5.74) is 6.36. The van der Waals surface area contributed by atoms with Crippen LogP contribution < -0.4 is 0 Å². The van der Waals surface area contributed by atoms with Crippen LogP contribution in [0.25, 0.3) is 6.08 Å². The third kappa shape index (κ3) is 9.08. The number of Topliss-reactive ketones (excluding diaryl/α,β-unsaturated/α-hetero) is 1. The highest BCUT2D eigenvalue weighted by Gasteiger charge is 2.22. The number of rotatable bonds is 11. The van der Waals surface area contributed by atoms with Crippen LogP contribution >= 0.6 is 0 Å². The van der Waals surface area contributed by atoms with E-state index < -0.39 is 0 Å². The van der Waals surface area contributed by atoms with Gasteiger partial charge in [0.2, 0.25) is 0 Å². The van der Waals surface area contributed by atoms with Gasteiger partial charge in [-0.05, 0) is 79.5 Å². The molecule has 2 aromatic rings. The molecule has 1 saturated heterocycles. The summed E-state index contributed by atoms with van der Waals surface area (Å²) in [6, 6.07) is 14.9. The fraction of sp³-hybridized carbons (Fsp3) is 0.545. The molecule has 1 heterocycles. The zero-order valence-corrected chi connectivity index (χ0v) is 22.2. The minimum Gasteiger partial charge on any atom is -0.378 e. The number of ether oxygens (including phenoxy) is 1. The van der Waals surface area contributed by atoms with E-state index in [-0.39, 0.29) is 7.21 Å². The van der Waals surface area contributed by atoms with Gasteiger partial charge in [0.15, 0.2) is 5.78 Å². The highest BCUT2D eigenvalue weighted by molar-refractivity contribution is 5.96. The summed E-state index contributed by atoms with van der Waals surface area (Å²) < 4.78 is 5.30. The van der Waals surface area contributed by atoms with Crippen molar-refractivity contribution in [3.63, 3.8) is 0 Å². The third-order valence-corrected chi connectivity index (χ3v) is 7.59. The van der Waals surface area contributed by atoms with Crippen LogP contribution in [0.4, 0.5) is 0 Å². The van der Waals surface area contributed by atoms with E-state index in [9.17, 15) is 4.79 Å². The Bertz CT molecular complexity index is 912. The van der Waals surface area contributed by atoms with Gasteiger partial charge in [-0.1, -0.05) is 94.7 Å². The van der Waals surface area contributed by atoms with Crippen molar-refractivity contribution in [1.29, 1.82) is 0 Å². The zero-order chi connectivity index (χ0) is 24.9. The number of hydrogen-bond acceptors (Lipinski definition) is 2. The molecule has 1 fully saturated rings. The van der Waals surface area contributed by atoms with Crippen molar-refractivity contribution >= 4 is 11.9 Å². The summed E-state index contributed by atoms with van der Waals surface area (Å²) >= 11 is 0. The summed E-state index contributed by atoms with van der Waals surface area (Å²) in [5, 5.41) is 0. The summed E-state index contributed by atoms with van der Waals surface area (Å²) in [5.74, 6) is 0.742. The molecule has 4 rings (SSSR count). The molecule has 1 aliphatic heterocycles. The van der Waals surface area contributed by atoms with Gasteiger partial charge in [0.05, 0.1) is 6.10 Å². The quantitative estimate of drug-likeness (QED) is 0.239. The Morgan fingerprint density at radius 2 is 1.83 bits per heavy atom. The number of hydrogen-bond donors (Lipinski definition) is 0. The average Bonchev–Trinajstić information content (AvgIpc) is 3.43. The molecule has 2 nitrogen and oxygen atoms in total. The molecule has 0 saturated carbocycles. The van der Waals surface area contributed by atoms with Crippen LogP contribution in [0.3, 0.4) is 0 Å². The van der Waals surface area contributed by atoms with Crippen LogP contribution in [0.15, 0.2) is 49.0 Å². The zero-order valence-electron chi connectivity index (χ0n) is 22.2. The summed E-state index contributed by atoms with van der Waals surface area (Å²) in [6.07, 6.45) is 18.0. The topological polar surface area (TPSA) is 26.3 Å². The lowest BCUT2D eigenvalue weighted by Gasteiger charge is -2.25. The Kier molecular flexibility index (Phi) is 11.8. The number of unbranched alkanes of at least 4 members (excludes halogenated alkanes) is 4. The van der Waals surface area contributed by atoms with Gasteiger partial charge in [0.25, 0.3) is 0 Å². The number of carbonyl (C=O) groups excluding carboxylic acids is 1. The van der Waals surface area contributed by atoms with E-state index in [1.807, 2.05) is 30.3 Å². The normalized spacial score (nSPS) is 18.9. The van der Waals surface area contributed by atoms with E-state index in [4.69, 9.17) is 4.74 Å². The van der Waals surface area contributed by atoms with E-state index in [1.165, 1.54) is 74.5 Å². The smallest absolute Gasteiger partial charge is 0.163 e. The molecule has 0 amide bonds. The number of ketones is 1. The van der Waals surface area contributed by atoms with Gasteiger partial charge in [-0.3, -0.25) is 4.79 Å². The maximum atomic E-state index is 12.6. The highest BCUT2D eigenvalue weighted by Crippen LogP contribution is 2.30. The standard InChI is InChI=1S/C27H34O.C6H12O.H2/c1-3-5-6-7-8-9-22-12-16-26-19-23(13-17-25(26)18-22)20-27(28)24-14-10-21(4-2)11-15-24;1-2-6-4-3-5-7-6;/h4,10-12,14-16,18,23H,2-3,5-9,13,17,19-20H2,1H3;6H,2-5H2,1H3;1H/t23-;6-;/m01./s1. The molecule has 2 atom stereocenters. The predicted molar refractivity (Wildman–Crippen MR) is 151 cm³/mol. The van der Waals surface area contributed by atoms with Crippen LogP contribution in [0.2, 0.25) is 0 Å². The molecule has 0 N–H and O–H groups in total. The minimum atomic E-state index is 0. The molecule has 2 heteroatoms. The number of carbonyl (C=O) groups is 1. The predicted octanol–water partition coefficient (Wildman–Crippen LogP) is 9.04. The maximum absolute atomic E-state index is 12.6. The van der Waals surface area contributed by atoms with Crippen LogP contribution in [0, 0.1) is 5.92 Å². The summed E-state index contributed by atoms with van der Waals surface area (Å²) in [6.45, 7) is 9.21. The summed E-state index contributed by atoms with van der Waals surface area (Å²) in [4.78, 5) is 12.6. The second-order valence-corrected chi connectivity index (χ2v) is 10.4. The lowest BCUT2D eigenvalue weighted by Crippen LogP contribution is -2.18. The molecule has 0 radical (unpaired) electrons. The van der Waals surface area contributed by atoms with E-state index in [1.54, 1.807) is 0 Å². The van der Waals surface area contributed by atoms with Crippen molar-refractivity contribution in [2.45, 2.75) is 103 Å². The molecule has 0 bridgehead atoms. The number of benzene rings is 2. The lowest BCUT2D eigenvalue weighted by atomic mass is 9.80. The van der Waals surface area contributed by atoms with E-state index in [0.717, 1.165) is 37.0 Å². The second kappa shape index (κ2) is 15.0. The van der Waals surface area contributed by atoms with Gasteiger partial charge in [-0.25, -0.2) is 0 Å². The van der Waals surface area contributed by atoms with E-state index >= 15 is 0 Å². The van der Waals surface area contributed by atoms with Gasteiger partial charge in [-0.15, -0.1) is 0 Å². The Morgan fingerprint density at radius 1 is 1.03 bits per heavy atom. The molecule has 35 heavy (non-hydrogen) atoms. The molecule has 0 unspecified atom stereocenters. The van der Waals surface area contributed by atoms with Crippen LogP contribution in [0.1, 0.15) is 112 Å². The van der Waals surface area contributed by atoms with E-state index in [0.29, 0.717) is 18.4 Å². The Balaban J connectivity index is 0.000000492. The molecule has 192 valence electrons. The minimum absolute atomic E-state index is 0. The van der Waals surface area contributed by atoms with Gasteiger partial charge < -0.3 is 4.74 Å². The average molecular weight is 477 g/mol. The Hall–Kier alpha value is -2.19. The first-order valence-corrected chi connectivity index (χ1v) is 14.1. The largest absolute Gasteiger partial charge is 0.378 e. The van der Waals surface area contributed by atoms with Gasteiger partial charge >= 0.3 is 0 Å². The molecule has 0 spiro atoms. The first-order chi connectivity index (χ1) is 17.1. The van der Waals surface area contributed by atoms with Gasteiger partial charge in [0, 0.05) is 20.0 Å². The third-order valence-electron chi connectivity index (χ3n) is 7.59. The van der Waals surface area contributed by atoms with Crippen LogP contribution in [0.5, 0.6) is 0 Å². The van der Waals surface area contributed by atoms with Crippen molar-refractivity contribution in [2.75, 3.05) is 6.61 Å². The SMILES string of the molecule is C=Cc1ccc(C(=O)C[C@H]2CCc3cc(CCCCCCC)ccc3C2)cc1.CC[C@@H]1CCCO1.[HH]. The molecule has 0 aromatic heterocycles. The van der Waals surface area contributed by atoms with Crippen molar-refractivity contribution in [1.82, 2.24) is 0 Å².